The van der Waals surface area contributed by atoms with E-state index in [2.05, 4.69) is 15.6 Å². The number of nitrogens with zero attached hydrogens (tertiary/aromatic N) is 2. The van der Waals surface area contributed by atoms with Gasteiger partial charge in [0.15, 0.2) is 5.76 Å². The fourth-order valence-electron chi connectivity index (χ4n) is 2.65. The third-order valence-electron chi connectivity index (χ3n) is 4.11. The molecule has 0 aliphatic rings. The lowest BCUT2D eigenvalue weighted by molar-refractivity contribution is -0.123. The van der Waals surface area contributed by atoms with Gasteiger partial charge in [-0.05, 0) is 25.1 Å². The van der Waals surface area contributed by atoms with Gasteiger partial charge >= 0.3 is 0 Å². The maximum atomic E-state index is 14.3. The molecule has 0 aliphatic heterocycles. The lowest BCUT2D eigenvalue weighted by Gasteiger charge is -2.22. The van der Waals surface area contributed by atoms with E-state index in [1.165, 1.54) is 25.3 Å². The lowest BCUT2D eigenvalue weighted by atomic mass is 10.0. The van der Waals surface area contributed by atoms with Crippen molar-refractivity contribution in [3.63, 3.8) is 0 Å². The molecular weight excluding hydrogens is 351 g/mol. The monoisotopic (exact) mass is 370 g/mol. The Hall–Kier alpha value is -3.42. The van der Waals surface area contributed by atoms with E-state index in [-0.39, 0.29) is 11.3 Å². The van der Waals surface area contributed by atoms with Crippen LogP contribution in [0.25, 0.3) is 0 Å². The highest BCUT2D eigenvalue weighted by molar-refractivity contribution is 5.95. The van der Waals surface area contributed by atoms with E-state index in [1.807, 2.05) is 0 Å². The van der Waals surface area contributed by atoms with Gasteiger partial charge in [0.2, 0.25) is 5.91 Å². The molecule has 0 fully saturated rings. The number of nitrogens with one attached hydrogen (secondary N) is 2. The summed E-state index contributed by atoms with van der Waals surface area (Å²) >= 11 is 0. The van der Waals surface area contributed by atoms with Crippen molar-refractivity contribution < 1.29 is 18.4 Å². The molecule has 3 aromatic rings. The van der Waals surface area contributed by atoms with Crippen LogP contribution < -0.4 is 10.6 Å². The lowest BCUT2D eigenvalue weighted by Crippen LogP contribution is -2.46. The van der Waals surface area contributed by atoms with Crippen LogP contribution in [0.3, 0.4) is 0 Å². The fourth-order valence-corrected chi connectivity index (χ4v) is 2.65. The number of aryl methyl sites for hydroxylation is 1. The van der Waals surface area contributed by atoms with Crippen LogP contribution >= 0.6 is 0 Å². The van der Waals surface area contributed by atoms with Crippen molar-refractivity contribution in [2.75, 3.05) is 0 Å². The SMILES string of the molecule is C[C@H](NC(=O)c1ccco1)C(=O)N[C@H](c1ccccc1F)c1nccn1C. The highest BCUT2D eigenvalue weighted by Gasteiger charge is 2.26. The van der Waals surface area contributed by atoms with Gasteiger partial charge in [0.05, 0.1) is 6.26 Å². The minimum Gasteiger partial charge on any atom is -0.459 e. The van der Waals surface area contributed by atoms with Crippen LogP contribution in [-0.4, -0.2) is 27.4 Å². The van der Waals surface area contributed by atoms with E-state index in [0.717, 1.165) is 0 Å². The molecule has 0 radical (unpaired) electrons. The predicted octanol–water partition coefficient (Wildman–Crippen LogP) is 2.18. The molecular formula is C19H19FN4O3. The van der Waals surface area contributed by atoms with Gasteiger partial charge in [-0.25, -0.2) is 9.37 Å². The molecule has 2 N–H and O–H groups in total. The number of imidazole rings is 1. The molecule has 3 rings (SSSR count). The topological polar surface area (TPSA) is 89.2 Å². The van der Waals surface area contributed by atoms with Gasteiger partial charge in [-0.2, -0.15) is 0 Å². The summed E-state index contributed by atoms with van der Waals surface area (Å²) < 4.78 is 21.0. The summed E-state index contributed by atoms with van der Waals surface area (Å²) in [5.74, 6) is -0.881. The van der Waals surface area contributed by atoms with Gasteiger partial charge in [-0.3, -0.25) is 9.59 Å². The summed E-state index contributed by atoms with van der Waals surface area (Å²) in [4.78, 5) is 28.9. The largest absolute Gasteiger partial charge is 0.459 e. The van der Waals surface area contributed by atoms with E-state index in [4.69, 9.17) is 4.42 Å². The zero-order valence-electron chi connectivity index (χ0n) is 14.8. The quantitative estimate of drug-likeness (QED) is 0.696. The average molecular weight is 370 g/mol. The number of aromatic nitrogens is 2. The Morgan fingerprint density at radius 1 is 1.19 bits per heavy atom. The molecule has 0 aliphatic carbocycles. The van der Waals surface area contributed by atoms with Crippen molar-refractivity contribution in [1.29, 1.82) is 0 Å². The van der Waals surface area contributed by atoms with Crippen LogP contribution in [-0.2, 0) is 11.8 Å². The van der Waals surface area contributed by atoms with Crippen molar-refractivity contribution in [3.8, 4) is 0 Å². The van der Waals surface area contributed by atoms with Crippen molar-refractivity contribution in [1.82, 2.24) is 20.2 Å². The van der Waals surface area contributed by atoms with E-state index in [0.29, 0.717) is 5.82 Å². The zero-order chi connectivity index (χ0) is 19.4. The first-order chi connectivity index (χ1) is 13.0. The van der Waals surface area contributed by atoms with E-state index in [9.17, 15) is 14.0 Å². The summed E-state index contributed by atoms with van der Waals surface area (Å²) in [5.41, 5.74) is 0.282. The van der Waals surface area contributed by atoms with Crippen LogP contribution in [0.15, 0.2) is 59.5 Å². The number of amides is 2. The molecule has 140 valence electrons. The Balaban J connectivity index is 1.80. The standard InChI is InChI=1S/C19H19FN4O3/c1-12(22-19(26)15-8-5-11-27-15)18(25)23-16(17-21-9-10-24(17)2)13-6-3-4-7-14(13)20/h3-12,16H,1-2H3,(H,22,26)(H,23,25)/t12-,16+/m0/s1. The maximum Gasteiger partial charge on any atom is 0.287 e. The first-order valence-corrected chi connectivity index (χ1v) is 8.33. The van der Waals surface area contributed by atoms with Crippen LogP contribution in [0.5, 0.6) is 0 Å². The van der Waals surface area contributed by atoms with Crippen molar-refractivity contribution in [2.24, 2.45) is 7.05 Å². The summed E-state index contributed by atoms with van der Waals surface area (Å²) in [7, 11) is 1.75. The second-order valence-electron chi connectivity index (χ2n) is 6.03. The number of rotatable bonds is 6. The van der Waals surface area contributed by atoms with E-state index >= 15 is 0 Å². The first-order valence-electron chi connectivity index (χ1n) is 8.33. The summed E-state index contributed by atoms with van der Waals surface area (Å²) in [6, 6.07) is 7.56. The molecule has 27 heavy (non-hydrogen) atoms. The third kappa shape index (κ3) is 4.05. The normalized spacial score (nSPS) is 13.0. The third-order valence-corrected chi connectivity index (χ3v) is 4.11. The van der Waals surface area contributed by atoms with Gasteiger partial charge < -0.3 is 19.6 Å². The van der Waals surface area contributed by atoms with Crippen molar-refractivity contribution >= 4 is 11.8 Å². The Bertz CT molecular complexity index is 936. The molecule has 2 amide bonds. The molecule has 0 bridgehead atoms. The average Bonchev–Trinajstić information content (AvgIpc) is 3.32. The van der Waals surface area contributed by atoms with Crippen LogP contribution in [0.4, 0.5) is 4.39 Å². The number of benzene rings is 1. The number of halogens is 1. The van der Waals surface area contributed by atoms with Gasteiger partial charge in [0.1, 0.15) is 23.7 Å². The molecule has 1 aromatic carbocycles. The molecule has 7 nitrogen and oxygen atoms in total. The number of carbonyl (C=O) groups excluding carboxylic acids is 2. The van der Waals surface area contributed by atoms with Crippen molar-refractivity contribution in [3.05, 3.63) is 78.0 Å². The Morgan fingerprint density at radius 2 is 1.96 bits per heavy atom. The molecule has 0 saturated carbocycles. The molecule has 0 saturated heterocycles. The maximum absolute atomic E-state index is 14.3. The minimum atomic E-state index is -0.864. The highest BCUT2D eigenvalue weighted by Crippen LogP contribution is 2.23. The molecule has 8 heteroatoms. The van der Waals surface area contributed by atoms with Crippen LogP contribution in [0, 0.1) is 5.82 Å². The molecule has 2 atom stereocenters. The number of hydrogen-bond acceptors (Lipinski definition) is 4. The predicted molar refractivity (Wildman–Crippen MR) is 95.2 cm³/mol. The van der Waals surface area contributed by atoms with E-state index in [1.54, 1.807) is 48.3 Å². The molecule has 0 spiro atoms. The number of carbonyl (C=O) groups is 2. The molecule has 2 aromatic heterocycles. The Morgan fingerprint density at radius 3 is 2.59 bits per heavy atom. The van der Waals surface area contributed by atoms with Crippen LogP contribution in [0.2, 0.25) is 0 Å². The van der Waals surface area contributed by atoms with Gasteiger partial charge in [-0.1, -0.05) is 18.2 Å². The molecule has 0 unspecified atom stereocenters. The Labute approximate surface area is 155 Å². The highest BCUT2D eigenvalue weighted by atomic mass is 19.1. The number of hydrogen-bond donors (Lipinski definition) is 2. The fraction of sp³-hybridized carbons (Fsp3) is 0.211. The second kappa shape index (κ2) is 7.86. The summed E-state index contributed by atoms with van der Waals surface area (Å²) in [6.07, 6.45) is 4.64. The second-order valence-corrected chi connectivity index (χ2v) is 6.03. The molecule has 2 heterocycles. The van der Waals surface area contributed by atoms with Gasteiger partial charge in [0.25, 0.3) is 5.91 Å². The minimum absolute atomic E-state index is 0.101. The van der Waals surface area contributed by atoms with Crippen LogP contribution in [0.1, 0.15) is 34.9 Å². The first kappa shape index (κ1) is 18.4. The zero-order valence-corrected chi connectivity index (χ0v) is 14.8. The Kier molecular flexibility index (Phi) is 5.35. The smallest absolute Gasteiger partial charge is 0.287 e. The van der Waals surface area contributed by atoms with Gasteiger partial charge in [-0.15, -0.1) is 0 Å². The van der Waals surface area contributed by atoms with Crippen molar-refractivity contribution in [2.45, 2.75) is 19.0 Å². The summed E-state index contributed by atoms with van der Waals surface area (Å²) in [5, 5.41) is 5.31. The number of furan rings is 1. The van der Waals surface area contributed by atoms with E-state index < -0.39 is 29.7 Å². The van der Waals surface area contributed by atoms with Gasteiger partial charge in [0, 0.05) is 25.0 Å². The summed E-state index contributed by atoms with van der Waals surface area (Å²) in [6.45, 7) is 1.53.